The summed E-state index contributed by atoms with van der Waals surface area (Å²) in [5.41, 5.74) is 0. The number of ether oxygens (including phenoxy) is 1. The molecule has 0 amide bonds. The van der Waals surface area contributed by atoms with Crippen LogP contribution in [0.2, 0.25) is 0 Å². The number of hydrogen-bond acceptors (Lipinski definition) is 4. The summed E-state index contributed by atoms with van der Waals surface area (Å²) in [6.45, 7) is 12.8. The van der Waals surface area contributed by atoms with Crippen molar-refractivity contribution in [1.29, 1.82) is 0 Å². The van der Waals surface area contributed by atoms with Crippen molar-refractivity contribution in [2.75, 3.05) is 59.1 Å². The topological polar surface area (TPSA) is 35.9 Å². The average molecular weight is 258 g/mol. The van der Waals surface area contributed by atoms with E-state index in [1.807, 2.05) is 0 Å². The predicted octanol–water partition coefficient (Wildman–Crippen LogP) is 1.05. The van der Waals surface area contributed by atoms with Crippen LogP contribution in [0, 0.1) is 5.92 Å². The molecule has 0 aromatic rings. The Kier molecular flexibility index (Phi) is 8.59. The van der Waals surface area contributed by atoms with Crippen molar-refractivity contribution in [1.82, 2.24) is 9.80 Å². The Morgan fingerprint density at radius 3 is 2.28 bits per heavy atom. The van der Waals surface area contributed by atoms with Crippen molar-refractivity contribution >= 4 is 0 Å². The van der Waals surface area contributed by atoms with E-state index in [0.717, 1.165) is 64.8 Å². The minimum Gasteiger partial charge on any atom is -0.395 e. The van der Waals surface area contributed by atoms with Gasteiger partial charge in [0.05, 0.1) is 13.2 Å². The highest BCUT2D eigenvalue weighted by molar-refractivity contribution is 4.69. The monoisotopic (exact) mass is 258 g/mol. The zero-order valence-electron chi connectivity index (χ0n) is 12.1. The van der Waals surface area contributed by atoms with Crippen LogP contribution in [0.4, 0.5) is 0 Å². The fourth-order valence-electron chi connectivity index (χ4n) is 2.23. The van der Waals surface area contributed by atoms with Crippen LogP contribution < -0.4 is 0 Å². The van der Waals surface area contributed by atoms with E-state index in [0.29, 0.717) is 0 Å². The van der Waals surface area contributed by atoms with E-state index in [4.69, 9.17) is 9.84 Å². The smallest absolute Gasteiger partial charge is 0.0593 e. The summed E-state index contributed by atoms with van der Waals surface area (Å²) >= 11 is 0. The Morgan fingerprint density at radius 2 is 1.67 bits per heavy atom. The minimum atomic E-state index is 0.276. The van der Waals surface area contributed by atoms with Gasteiger partial charge < -0.3 is 9.84 Å². The minimum absolute atomic E-state index is 0.276. The lowest BCUT2D eigenvalue weighted by atomic mass is 10.1. The van der Waals surface area contributed by atoms with E-state index in [2.05, 4.69) is 23.6 Å². The van der Waals surface area contributed by atoms with Crippen LogP contribution in [-0.2, 0) is 4.74 Å². The zero-order valence-corrected chi connectivity index (χ0v) is 12.1. The van der Waals surface area contributed by atoms with E-state index >= 15 is 0 Å². The maximum absolute atomic E-state index is 8.95. The summed E-state index contributed by atoms with van der Waals surface area (Å²) < 4.78 is 5.67. The van der Waals surface area contributed by atoms with Gasteiger partial charge in [0.1, 0.15) is 0 Å². The lowest BCUT2D eigenvalue weighted by molar-refractivity contribution is 0.0966. The Balaban J connectivity index is 2.04. The van der Waals surface area contributed by atoms with Crippen molar-refractivity contribution in [3.05, 3.63) is 0 Å². The predicted molar refractivity (Wildman–Crippen MR) is 74.9 cm³/mol. The van der Waals surface area contributed by atoms with E-state index in [1.165, 1.54) is 6.42 Å². The van der Waals surface area contributed by atoms with Gasteiger partial charge in [0, 0.05) is 32.8 Å². The molecule has 0 bridgehead atoms. The Morgan fingerprint density at radius 1 is 1.00 bits per heavy atom. The van der Waals surface area contributed by atoms with Crippen molar-refractivity contribution in [3.8, 4) is 0 Å². The van der Waals surface area contributed by atoms with Gasteiger partial charge in [-0.1, -0.05) is 13.8 Å². The van der Waals surface area contributed by atoms with Crippen molar-refractivity contribution in [2.24, 2.45) is 5.92 Å². The molecule has 1 aliphatic rings. The van der Waals surface area contributed by atoms with Crippen LogP contribution in [0.3, 0.4) is 0 Å². The molecule has 1 aliphatic heterocycles. The fraction of sp³-hybridized carbons (Fsp3) is 1.00. The SMILES string of the molecule is CC(C)CCOCCN1CCCN(CCO)CC1. The Bertz CT molecular complexity index is 200. The number of aliphatic hydroxyl groups is 1. The molecule has 0 saturated carbocycles. The molecular weight excluding hydrogens is 228 g/mol. The van der Waals surface area contributed by atoms with Crippen molar-refractivity contribution in [2.45, 2.75) is 26.7 Å². The molecule has 1 rings (SSSR count). The van der Waals surface area contributed by atoms with Crippen LogP contribution in [0.15, 0.2) is 0 Å². The number of nitrogens with zero attached hydrogens (tertiary/aromatic N) is 2. The molecular formula is C14H30N2O2. The molecule has 0 aliphatic carbocycles. The first-order chi connectivity index (χ1) is 8.72. The molecule has 1 saturated heterocycles. The summed E-state index contributed by atoms with van der Waals surface area (Å²) in [6, 6.07) is 0. The molecule has 1 heterocycles. The standard InChI is InChI=1S/C14H30N2O2/c1-14(2)4-12-18-13-10-16-6-3-5-15(7-8-16)9-11-17/h14,17H,3-13H2,1-2H3. The maximum Gasteiger partial charge on any atom is 0.0593 e. The average Bonchev–Trinajstić information content (AvgIpc) is 2.55. The summed E-state index contributed by atoms with van der Waals surface area (Å²) in [5.74, 6) is 0.732. The molecule has 4 heteroatoms. The molecule has 0 atom stereocenters. The van der Waals surface area contributed by atoms with E-state index in [1.54, 1.807) is 0 Å². The summed E-state index contributed by atoms with van der Waals surface area (Å²) in [5, 5.41) is 8.95. The lowest BCUT2D eigenvalue weighted by Crippen LogP contribution is -2.34. The second-order valence-corrected chi connectivity index (χ2v) is 5.56. The normalized spacial score (nSPS) is 19.3. The molecule has 1 N–H and O–H groups in total. The Hall–Kier alpha value is -0.160. The first-order valence-corrected chi connectivity index (χ1v) is 7.35. The highest BCUT2D eigenvalue weighted by Gasteiger charge is 2.13. The van der Waals surface area contributed by atoms with E-state index in [-0.39, 0.29) is 6.61 Å². The van der Waals surface area contributed by atoms with Gasteiger partial charge in [-0.15, -0.1) is 0 Å². The van der Waals surface area contributed by atoms with Gasteiger partial charge >= 0.3 is 0 Å². The molecule has 0 spiro atoms. The van der Waals surface area contributed by atoms with Gasteiger partial charge in [-0.3, -0.25) is 9.80 Å². The molecule has 0 unspecified atom stereocenters. The highest BCUT2D eigenvalue weighted by atomic mass is 16.5. The van der Waals surface area contributed by atoms with Crippen LogP contribution >= 0.6 is 0 Å². The number of hydrogen-bond donors (Lipinski definition) is 1. The second-order valence-electron chi connectivity index (χ2n) is 5.56. The molecule has 18 heavy (non-hydrogen) atoms. The van der Waals surface area contributed by atoms with Crippen LogP contribution in [0.25, 0.3) is 0 Å². The lowest BCUT2D eigenvalue weighted by Gasteiger charge is -2.21. The van der Waals surface area contributed by atoms with E-state index < -0.39 is 0 Å². The first-order valence-electron chi connectivity index (χ1n) is 7.35. The molecule has 4 nitrogen and oxygen atoms in total. The fourth-order valence-corrected chi connectivity index (χ4v) is 2.23. The third kappa shape index (κ3) is 7.31. The second kappa shape index (κ2) is 9.73. The van der Waals surface area contributed by atoms with Crippen LogP contribution in [0.5, 0.6) is 0 Å². The summed E-state index contributed by atoms with van der Waals surface area (Å²) in [4.78, 5) is 4.83. The van der Waals surface area contributed by atoms with Crippen LogP contribution in [-0.4, -0.2) is 74.0 Å². The van der Waals surface area contributed by atoms with Gasteiger partial charge in [0.2, 0.25) is 0 Å². The number of aliphatic hydroxyl groups excluding tert-OH is 1. The largest absolute Gasteiger partial charge is 0.395 e. The van der Waals surface area contributed by atoms with Gasteiger partial charge in [0.25, 0.3) is 0 Å². The van der Waals surface area contributed by atoms with Crippen molar-refractivity contribution < 1.29 is 9.84 Å². The Labute approximate surface area is 112 Å². The van der Waals surface area contributed by atoms with Gasteiger partial charge in [0.15, 0.2) is 0 Å². The van der Waals surface area contributed by atoms with Crippen molar-refractivity contribution in [3.63, 3.8) is 0 Å². The zero-order chi connectivity index (χ0) is 13.2. The summed E-state index contributed by atoms with van der Waals surface area (Å²) in [6.07, 6.45) is 2.36. The van der Waals surface area contributed by atoms with E-state index in [9.17, 15) is 0 Å². The van der Waals surface area contributed by atoms with Gasteiger partial charge in [-0.2, -0.15) is 0 Å². The third-order valence-corrected chi connectivity index (χ3v) is 3.49. The quantitative estimate of drug-likeness (QED) is 0.660. The molecule has 0 aromatic carbocycles. The highest BCUT2D eigenvalue weighted by Crippen LogP contribution is 2.03. The summed E-state index contributed by atoms with van der Waals surface area (Å²) in [7, 11) is 0. The third-order valence-electron chi connectivity index (χ3n) is 3.49. The molecule has 0 radical (unpaired) electrons. The van der Waals surface area contributed by atoms with Gasteiger partial charge in [-0.25, -0.2) is 0 Å². The first kappa shape index (κ1) is 15.9. The molecule has 0 aromatic heterocycles. The van der Waals surface area contributed by atoms with Crippen LogP contribution in [0.1, 0.15) is 26.7 Å². The maximum atomic E-state index is 8.95. The number of β-amino-alcohol motifs (C(OH)–C–C–N with tert-alkyl or cyclic N) is 1. The number of rotatable bonds is 8. The molecule has 108 valence electrons. The molecule has 1 fully saturated rings. The van der Waals surface area contributed by atoms with Gasteiger partial charge in [-0.05, 0) is 31.8 Å².